The molecule has 0 fully saturated rings. The second-order valence-corrected chi connectivity index (χ2v) is 5.10. The Labute approximate surface area is 118 Å². The molecule has 0 bridgehead atoms. The summed E-state index contributed by atoms with van der Waals surface area (Å²) >= 11 is 5.99. The number of aliphatic hydroxyl groups is 1. The fourth-order valence-electron chi connectivity index (χ4n) is 1.64. The predicted molar refractivity (Wildman–Crippen MR) is 78.3 cm³/mol. The fraction of sp³-hybridized carbons (Fsp3) is 0.462. The lowest BCUT2D eigenvalue weighted by Gasteiger charge is -2.25. The van der Waals surface area contributed by atoms with Gasteiger partial charge in [-0.05, 0) is 39.1 Å². The number of hydrogen-bond acceptors (Lipinski definition) is 4. The van der Waals surface area contributed by atoms with E-state index in [9.17, 15) is 9.90 Å². The van der Waals surface area contributed by atoms with Gasteiger partial charge in [-0.3, -0.25) is 9.69 Å². The summed E-state index contributed by atoms with van der Waals surface area (Å²) in [5.41, 5.74) is 6.66. The Kier molecular flexibility index (Phi) is 5.60. The summed E-state index contributed by atoms with van der Waals surface area (Å²) in [5, 5.41) is 12.5. The maximum atomic E-state index is 12.0. The van der Waals surface area contributed by atoms with Crippen LogP contribution >= 0.6 is 11.6 Å². The molecule has 5 nitrogen and oxygen atoms in total. The molecule has 1 aromatic rings. The van der Waals surface area contributed by atoms with Gasteiger partial charge in [-0.1, -0.05) is 11.6 Å². The van der Waals surface area contributed by atoms with E-state index >= 15 is 0 Å². The number of amides is 1. The molecule has 0 aromatic heterocycles. The van der Waals surface area contributed by atoms with Crippen LogP contribution in [0.25, 0.3) is 0 Å². The van der Waals surface area contributed by atoms with Crippen molar-refractivity contribution in [3.63, 3.8) is 0 Å². The average Bonchev–Trinajstić information content (AvgIpc) is 2.30. The maximum absolute atomic E-state index is 12.0. The zero-order valence-electron chi connectivity index (χ0n) is 11.4. The third-order valence-electron chi connectivity index (χ3n) is 2.84. The molecule has 0 saturated carbocycles. The van der Waals surface area contributed by atoms with Gasteiger partial charge in [-0.2, -0.15) is 0 Å². The Morgan fingerprint density at radius 3 is 2.68 bits per heavy atom. The monoisotopic (exact) mass is 285 g/mol. The minimum atomic E-state index is -0.486. The summed E-state index contributed by atoms with van der Waals surface area (Å²) in [5.74, 6) is -0.185. The molecule has 2 unspecified atom stereocenters. The molecular weight excluding hydrogens is 266 g/mol. The van der Waals surface area contributed by atoms with Crippen LogP contribution in [0.5, 0.6) is 0 Å². The summed E-state index contributed by atoms with van der Waals surface area (Å²) in [6.07, 6.45) is -0.486. The van der Waals surface area contributed by atoms with Crippen molar-refractivity contribution in [3.8, 4) is 0 Å². The third-order valence-corrected chi connectivity index (χ3v) is 3.16. The van der Waals surface area contributed by atoms with Crippen LogP contribution in [-0.4, -0.2) is 41.7 Å². The highest BCUT2D eigenvalue weighted by Gasteiger charge is 2.19. The van der Waals surface area contributed by atoms with Crippen molar-refractivity contribution in [2.75, 3.05) is 24.6 Å². The van der Waals surface area contributed by atoms with Crippen LogP contribution < -0.4 is 11.1 Å². The van der Waals surface area contributed by atoms with Gasteiger partial charge in [0, 0.05) is 12.2 Å². The highest BCUT2D eigenvalue weighted by Crippen LogP contribution is 2.24. The van der Waals surface area contributed by atoms with Gasteiger partial charge in [0.25, 0.3) is 0 Å². The van der Waals surface area contributed by atoms with Gasteiger partial charge in [-0.15, -0.1) is 0 Å². The van der Waals surface area contributed by atoms with Gasteiger partial charge >= 0.3 is 0 Å². The molecule has 6 heteroatoms. The average molecular weight is 286 g/mol. The number of aliphatic hydroxyl groups excluding tert-OH is 1. The quantitative estimate of drug-likeness (QED) is 0.718. The number of anilines is 2. The largest absolute Gasteiger partial charge is 0.399 e. The number of nitrogen functional groups attached to an aromatic ring is 1. The number of nitrogens with zero attached hydrogens (tertiary/aromatic N) is 1. The Hall–Kier alpha value is -1.30. The smallest absolute Gasteiger partial charge is 0.241 e. The molecule has 1 aromatic carbocycles. The van der Waals surface area contributed by atoms with E-state index in [4.69, 9.17) is 17.3 Å². The molecule has 2 atom stereocenters. The van der Waals surface area contributed by atoms with E-state index in [2.05, 4.69) is 5.32 Å². The van der Waals surface area contributed by atoms with Crippen molar-refractivity contribution >= 4 is 28.9 Å². The highest BCUT2D eigenvalue weighted by molar-refractivity contribution is 6.34. The van der Waals surface area contributed by atoms with E-state index in [0.717, 1.165) is 0 Å². The van der Waals surface area contributed by atoms with E-state index in [1.165, 1.54) is 0 Å². The van der Waals surface area contributed by atoms with Crippen LogP contribution in [0.2, 0.25) is 5.02 Å². The first kappa shape index (κ1) is 15.8. The Morgan fingerprint density at radius 1 is 1.53 bits per heavy atom. The lowest BCUT2D eigenvalue weighted by Crippen LogP contribution is -2.42. The molecule has 106 valence electrons. The Bertz CT molecular complexity index is 452. The van der Waals surface area contributed by atoms with E-state index in [1.54, 1.807) is 44.0 Å². The minimum absolute atomic E-state index is 0.185. The number of benzene rings is 1. The van der Waals surface area contributed by atoms with Gasteiger partial charge in [-0.25, -0.2) is 0 Å². The second-order valence-electron chi connectivity index (χ2n) is 4.69. The Morgan fingerprint density at radius 2 is 2.16 bits per heavy atom. The van der Waals surface area contributed by atoms with Crippen LogP contribution in [0.4, 0.5) is 11.4 Å². The van der Waals surface area contributed by atoms with E-state index < -0.39 is 6.10 Å². The lowest BCUT2D eigenvalue weighted by atomic mass is 10.2. The van der Waals surface area contributed by atoms with Gasteiger partial charge in [0.2, 0.25) is 5.91 Å². The summed E-state index contributed by atoms with van der Waals surface area (Å²) < 4.78 is 0. The molecular formula is C13H20ClN3O2. The van der Waals surface area contributed by atoms with E-state index in [0.29, 0.717) is 22.9 Å². The van der Waals surface area contributed by atoms with E-state index in [1.807, 2.05) is 0 Å². The maximum Gasteiger partial charge on any atom is 0.241 e. The second kappa shape index (κ2) is 6.75. The molecule has 0 heterocycles. The number of rotatable bonds is 5. The summed E-state index contributed by atoms with van der Waals surface area (Å²) in [4.78, 5) is 13.8. The fourth-order valence-corrected chi connectivity index (χ4v) is 1.88. The van der Waals surface area contributed by atoms with Crippen molar-refractivity contribution in [2.45, 2.75) is 26.0 Å². The van der Waals surface area contributed by atoms with Crippen LogP contribution in [0, 0.1) is 0 Å². The molecule has 1 amide bonds. The number of hydrogen-bond donors (Lipinski definition) is 3. The van der Waals surface area contributed by atoms with Crippen molar-refractivity contribution < 1.29 is 9.90 Å². The van der Waals surface area contributed by atoms with Gasteiger partial charge < -0.3 is 16.2 Å². The molecule has 0 spiro atoms. The molecule has 0 aliphatic carbocycles. The molecule has 0 aliphatic rings. The molecule has 0 saturated heterocycles. The topological polar surface area (TPSA) is 78.6 Å². The van der Waals surface area contributed by atoms with Crippen LogP contribution in [-0.2, 0) is 4.79 Å². The van der Waals surface area contributed by atoms with Crippen molar-refractivity contribution in [1.29, 1.82) is 0 Å². The third kappa shape index (κ3) is 4.70. The Balaban J connectivity index is 2.68. The first-order chi connectivity index (χ1) is 8.81. The van der Waals surface area contributed by atoms with Crippen LogP contribution in [0.1, 0.15) is 13.8 Å². The summed E-state index contributed by atoms with van der Waals surface area (Å²) in [6, 6.07) is 4.55. The number of carbonyl (C=O) groups excluding carboxylic acids is 1. The SMILES string of the molecule is CC(O)CN(C)C(C)C(=O)Nc1ccc(N)cc1Cl. The van der Waals surface area contributed by atoms with Crippen molar-refractivity contribution in [1.82, 2.24) is 4.90 Å². The minimum Gasteiger partial charge on any atom is -0.399 e. The zero-order chi connectivity index (χ0) is 14.6. The van der Waals surface area contributed by atoms with Gasteiger partial charge in [0.15, 0.2) is 0 Å². The zero-order valence-corrected chi connectivity index (χ0v) is 12.1. The van der Waals surface area contributed by atoms with Crippen LogP contribution in [0.15, 0.2) is 18.2 Å². The normalized spacial score (nSPS) is 14.2. The van der Waals surface area contributed by atoms with E-state index in [-0.39, 0.29) is 11.9 Å². The predicted octanol–water partition coefficient (Wildman–Crippen LogP) is 1.56. The van der Waals surface area contributed by atoms with Gasteiger partial charge in [0.1, 0.15) is 0 Å². The first-order valence-corrected chi connectivity index (χ1v) is 6.43. The first-order valence-electron chi connectivity index (χ1n) is 6.05. The molecule has 0 radical (unpaired) electrons. The number of nitrogens with one attached hydrogen (secondary N) is 1. The number of carbonyl (C=O) groups is 1. The summed E-state index contributed by atoms with van der Waals surface area (Å²) in [7, 11) is 1.78. The van der Waals surface area contributed by atoms with Crippen molar-refractivity contribution in [2.24, 2.45) is 0 Å². The number of halogens is 1. The molecule has 4 N–H and O–H groups in total. The molecule has 19 heavy (non-hydrogen) atoms. The lowest BCUT2D eigenvalue weighted by molar-refractivity contribution is -0.120. The standard InChI is InChI=1S/C13H20ClN3O2/c1-8(18)7-17(3)9(2)13(19)16-12-5-4-10(15)6-11(12)14/h4-6,8-9,18H,7,15H2,1-3H3,(H,16,19). The summed E-state index contributed by atoms with van der Waals surface area (Å²) in [6.45, 7) is 3.87. The number of likely N-dealkylation sites (N-methyl/N-ethyl adjacent to an activating group) is 1. The molecule has 0 aliphatic heterocycles. The van der Waals surface area contributed by atoms with Crippen molar-refractivity contribution in [3.05, 3.63) is 23.2 Å². The van der Waals surface area contributed by atoms with Crippen LogP contribution in [0.3, 0.4) is 0 Å². The molecule has 1 rings (SSSR count). The number of nitrogens with two attached hydrogens (primary N) is 1. The van der Waals surface area contributed by atoms with Gasteiger partial charge in [0.05, 0.1) is 22.9 Å². The highest BCUT2D eigenvalue weighted by atomic mass is 35.5.